The van der Waals surface area contributed by atoms with Crippen LogP contribution in [0.2, 0.25) is 10.0 Å². The number of benzene rings is 2. The molecule has 0 radical (unpaired) electrons. The summed E-state index contributed by atoms with van der Waals surface area (Å²) in [6.45, 7) is 5.99. The number of hydrogen-bond donors (Lipinski definition) is 1. The first-order valence-corrected chi connectivity index (χ1v) is 10.7. The molecule has 166 valence electrons. The Kier molecular flexibility index (Phi) is 6.34. The van der Waals surface area contributed by atoms with Gasteiger partial charge in [0.15, 0.2) is 17.3 Å². The molecule has 0 saturated carbocycles. The minimum Gasteiger partial charge on any atom is -0.490 e. The Balaban J connectivity index is 1.68. The van der Waals surface area contributed by atoms with Gasteiger partial charge in [-0.25, -0.2) is 0 Å². The van der Waals surface area contributed by atoms with Crippen LogP contribution < -0.4 is 14.8 Å². The van der Waals surface area contributed by atoms with Crippen molar-refractivity contribution >= 4 is 34.9 Å². The standard InChI is InChI=1S/C22H21Cl2N5O3/c1-4-31-19-10-15(6-8-18(19)32-11-14-5-7-16(23)17(24)9-14)21-20(13(3)30)12(2)25-22-26-27-28-29(21)22/h5-10,21H,4,11H2,1-3H3,(H,25,26,28). The summed E-state index contributed by atoms with van der Waals surface area (Å²) in [4.78, 5) is 12.5. The second-order valence-electron chi connectivity index (χ2n) is 7.25. The molecule has 8 nitrogen and oxygen atoms in total. The highest BCUT2D eigenvalue weighted by atomic mass is 35.5. The Morgan fingerprint density at radius 3 is 2.66 bits per heavy atom. The van der Waals surface area contributed by atoms with Gasteiger partial charge in [-0.15, -0.1) is 0 Å². The van der Waals surface area contributed by atoms with Crippen LogP contribution in [0.5, 0.6) is 11.5 Å². The second-order valence-corrected chi connectivity index (χ2v) is 8.06. The van der Waals surface area contributed by atoms with Crippen LogP contribution in [0.3, 0.4) is 0 Å². The number of rotatable bonds is 7. The van der Waals surface area contributed by atoms with Crippen LogP contribution in [0.15, 0.2) is 47.7 Å². The molecule has 3 aromatic rings. The lowest BCUT2D eigenvalue weighted by molar-refractivity contribution is -0.114. The number of halogens is 2. The normalized spacial score (nSPS) is 15.2. The molecule has 1 atom stereocenters. The van der Waals surface area contributed by atoms with Gasteiger partial charge in [0.25, 0.3) is 0 Å². The number of carbonyl (C=O) groups is 1. The fourth-order valence-electron chi connectivity index (χ4n) is 3.65. The molecule has 1 unspecified atom stereocenters. The number of Topliss-reactive ketones (excluding diaryl/α,β-unsaturated/α-hetero) is 1. The van der Waals surface area contributed by atoms with Gasteiger partial charge in [-0.3, -0.25) is 4.79 Å². The van der Waals surface area contributed by atoms with E-state index in [0.29, 0.717) is 52.0 Å². The van der Waals surface area contributed by atoms with Gasteiger partial charge in [-0.1, -0.05) is 40.4 Å². The third-order valence-corrected chi connectivity index (χ3v) is 5.79. The van der Waals surface area contributed by atoms with Gasteiger partial charge < -0.3 is 14.8 Å². The van der Waals surface area contributed by atoms with Gasteiger partial charge in [-0.05, 0) is 66.6 Å². The van der Waals surface area contributed by atoms with E-state index in [2.05, 4.69) is 20.8 Å². The Labute approximate surface area is 195 Å². The van der Waals surface area contributed by atoms with Crippen molar-refractivity contribution in [3.63, 3.8) is 0 Å². The summed E-state index contributed by atoms with van der Waals surface area (Å²) in [7, 11) is 0. The number of nitrogens with zero attached hydrogens (tertiary/aromatic N) is 4. The van der Waals surface area contributed by atoms with E-state index >= 15 is 0 Å². The summed E-state index contributed by atoms with van der Waals surface area (Å²) in [6.07, 6.45) is 0. The average Bonchev–Trinajstić information content (AvgIpc) is 3.22. The Bertz CT molecular complexity index is 1210. The number of ether oxygens (including phenoxy) is 2. The number of anilines is 1. The van der Waals surface area contributed by atoms with Gasteiger partial charge in [0.1, 0.15) is 12.6 Å². The van der Waals surface area contributed by atoms with Crippen LogP contribution >= 0.6 is 23.2 Å². The van der Waals surface area contributed by atoms with Gasteiger partial charge in [0.2, 0.25) is 5.95 Å². The van der Waals surface area contributed by atoms with E-state index in [4.69, 9.17) is 32.7 Å². The minimum absolute atomic E-state index is 0.0703. The molecule has 2 aromatic carbocycles. The first-order chi connectivity index (χ1) is 15.4. The van der Waals surface area contributed by atoms with Crippen molar-refractivity contribution in [1.82, 2.24) is 20.2 Å². The van der Waals surface area contributed by atoms with E-state index in [1.807, 2.05) is 38.1 Å². The molecular formula is C22H21Cl2N5O3. The predicted octanol–water partition coefficient (Wildman–Crippen LogP) is 4.84. The maximum absolute atomic E-state index is 12.5. The summed E-state index contributed by atoms with van der Waals surface area (Å²) in [5.74, 6) is 1.52. The summed E-state index contributed by atoms with van der Waals surface area (Å²) >= 11 is 12.1. The van der Waals surface area contributed by atoms with Crippen LogP contribution in [0.25, 0.3) is 0 Å². The Morgan fingerprint density at radius 2 is 1.94 bits per heavy atom. The van der Waals surface area contributed by atoms with Crippen molar-refractivity contribution in [2.24, 2.45) is 0 Å². The first-order valence-electron chi connectivity index (χ1n) is 9.99. The van der Waals surface area contributed by atoms with Gasteiger partial charge in [0.05, 0.1) is 16.7 Å². The zero-order chi connectivity index (χ0) is 22.8. The molecule has 1 aliphatic heterocycles. The molecule has 32 heavy (non-hydrogen) atoms. The number of nitrogens with one attached hydrogen (secondary N) is 1. The molecule has 0 saturated heterocycles. The molecule has 10 heteroatoms. The van der Waals surface area contributed by atoms with Crippen molar-refractivity contribution in [1.29, 1.82) is 0 Å². The maximum Gasteiger partial charge on any atom is 0.248 e. The molecule has 4 rings (SSSR count). The fraction of sp³-hybridized carbons (Fsp3) is 0.273. The lowest BCUT2D eigenvalue weighted by Gasteiger charge is -2.27. The first kappa shape index (κ1) is 22.1. The second kappa shape index (κ2) is 9.18. The average molecular weight is 474 g/mol. The van der Waals surface area contributed by atoms with Crippen LogP contribution in [0.1, 0.15) is 37.9 Å². The monoisotopic (exact) mass is 473 g/mol. The zero-order valence-corrected chi connectivity index (χ0v) is 19.2. The number of tetrazole rings is 1. The van der Waals surface area contributed by atoms with E-state index < -0.39 is 6.04 Å². The van der Waals surface area contributed by atoms with Gasteiger partial charge in [0, 0.05) is 11.3 Å². The van der Waals surface area contributed by atoms with E-state index in [1.54, 1.807) is 16.8 Å². The molecule has 0 aliphatic carbocycles. The van der Waals surface area contributed by atoms with Crippen LogP contribution in [-0.2, 0) is 11.4 Å². The molecule has 0 fully saturated rings. The molecule has 1 N–H and O–H groups in total. The summed E-state index contributed by atoms with van der Waals surface area (Å²) in [5, 5.41) is 15.9. The summed E-state index contributed by atoms with van der Waals surface area (Å²) in [6, 6.07) is 10.4. The highest BCUT2D eigenvalue weighted by Crippen LogP contribution is 2.39. The Morgan fingerprint density at radius 1 is 1.12 bits per heavy atom. The minimum atomic E-state index is -0.484. The number of hydrogen-bond acceptors (Lipinski definition) is 7. The van der Waals surface area contributed by atoms with E-state index in [1.165, 1.54) is 6.92 Å². The molecule has 0 bridgehead atoms. The topological polar surface area (TPSA) is 91.2 Å². The van der Waals surface area contributed by atoms with E-state index in [0.717, 1.165) is 11.1 Å². The van der Waals surface area contributed by atoms with Crippen molar-refractivity contribution in [3.05, 3.63) is 68.8 Å². The third-order valence-electron chi connectivity index (χ3n) is 5.06. The van der Waals surface area contributed by atoms with Crippen LogP contribution in [-0.4, -0.2) is 32.6 Å². The van der Waals surface area contributed by atoms with Crippen molar-refractivity contribution in [2.45, 2.75) is 33.4 Å². The third kappa shape index (κ3) is 4.28. The largest absolute Gasteiger partial charge is 0.490 e. The number of carbonyl (C=O) groups excluding carboxylic acids is 1. The van der Waals surface area contributed by atoms with Gasteiger partial charge in [-0.2, -0.15) is 4.68 Å². The Hall–Kier alpha value is -3.10. The van der Waals surface area contributed by atoms with E-state index in [-0.39, 0.29) is 5.78 Å². The number of fused-ring (bicyclic) bond motifs is 1. The summed E-state index contributed by atoms with van der Waals surface area (Å²) < 4.78 is 13.4. The quantitative estimate of drug-likeness (QED) is 0.524. The molecule has 2 heterocycles. The SMILES string of the molecule is CCOc1cc(C2C(C(C)=O)=C(C)Nc3nnnn32)ccc1OCc1ccc(Cl)c(Cl)c1. The number of aromatic nitrogens is 4. The van der Waals surface area contributed by atoms with Gasteiger partial charge >= 0.3 is 0 Å². The molecule has 0 amide bonds. The zero-order valence-electron chi connectivity index (χ0n) is 17.7. The van der Waals surface area contributed by atoms with E-state index in [9.17, 15) is 4.79 Å². The van der Waals surface area contributed by atoms with Crippen molar-refractivity contribution in [3.8, 4) is 11.5 Å². The molecular weight excluding hydrogens is 453 g/mol. The maximum atomic E-state index is 12.5. The molecule has 1 aromatic heterocycles. The molecule has 0 spiro atoms. The molecule has 1 aliphatic rings. The van der Waals surface area contributed by atoms with Crippen LogP contribution in [0.4, 0.5) is 5.95 Å². The summed E-state index contributed by atoms with van der Waals surface area (Å²) in [5.41, 5.74) is 2.97. The predicted molar refractivity (Wildman–Crippen MR) is 121 cm³/mol. The fourth-order valence-corrected chi connectivity index (χ4v) is 3.97. The smallest absolute Gasteiger partial charge is 0.248 e. The lowest BCUT2D eigenvalue weighted by Crippen LogP contribution is -2.27. The lowest BCUT2D eigenvalue weighted by atomic mass is 9.93. The van der Waals surface area contributed by atoms with Crippen molar-refractivity contribution in [2.75, 3.05) is 11.9 Å². The number of ketones is 1. The highest BCUT2D eigenvalue weighted by Gasteiger charge is 2.32. The van der Waals surface area contributed by atoms with Crippen molar-refractivity contribution < 1.29 is 14.3 Å². The number of allylic oxidation sites excluding steroid dienone is 2. The van der Waals surface area contributed by atoms with Crippen LogP contribution in [0, 0.1) is 0 Å². The highest BCUT2D eigenvalue weighted by molar-refractivity contribution is 6.42.